The Kier molecular flexibility index (Phi) is 3.55. The molecule has 0 aromatic carbocycles. The molecule has 1 heterocycles. The van der Waals surface area contributed by atoms with Gasteiger partial charge in [0, 0.05) is 0 Å². The molecule has 0 saturated heterocycles. The smallest absolute Gasteiger partial charge is 0.346 e. The third-order valence-corrected chi connectivity index (χ3v) is 3.14. The van der Waals surface area contributed by atoms with E-state index in [-0.39, 0.29) is 24.1 Å². The predicted molar refractivity (Wildman–Crippen MR) is 62.7 cm³/mol. The molecule has 0 spiro atoms. The van der Waals surface area contributed by atoms with Crippen LogP contribution in [0.25, 0.3) is 0 Å². The van der Waals surface area contributed by atoms with E-state index >= 15 is 0 Å². The van der Waals surface area contributed by atoms with Crippen LogP contribution in [0.5, 0.6) is 0 Å². The van der Waals surface area contributed by atoms with Crippen LogP contribution in [0.1, 0.15) is 36.2 Å². The maximum absolute atomic E-state index is 12.9. The number of nitrogens with one attached hydrogen (secondary N) is 2. The first-order chi connectivity index (χ1) is 9.21. The number of nitrogens with two attached hydrogens (primary N) is 1. The van der Waals surface area contributed by atoms with Gasteiger partial charge in [-0.1, -0.05) is 0 Å². The number of hydrogen-bond acceptors (Lipinski definition) is 4. The van der Waals surface area contributed by atoms with Crippen molar-refractivity contribution >= 4 is 5.91 Å². The highest BCUT2D eigenvalue weighted by molar-refractivity contribution is 5.81. The van der Waals surface area contributed by atoms with Crippen LogP contribution in [0.2, 0.25) is 0 Å². The van der Waals surface area contributed by atoms with E-state index in [2.05, 4.69) is 10.4 Å². The Balaban J connectivity index is 2.40. The fourth-order valence-corrected chi connectivity index (χ4v) is 2.21. The molecule has 1 aliphatic rings. The lowest BCUT2D eigenvalue weighted by Crippen LogP contribution is -2.40. The van der Waals surface area contributed by atoms with Crippen LogP contribution in [0.15, 0.2) is 4.79 Å². The SMILES string of the molecule is C[C@H](N)C(=O)NC1CCc2c1n[nH]c(=O)c2C(F)(F)F. The number of carbonyl (C=O) groups excluding carboxylic acids is 1. The summed E-state index contributed by atoms with van der Waals surface area (Å²) in [5, 5.41) is 7.98. The highest BCUT2D eigenvalue weighted by atomic mass is 19.4. The molecule has 9 heteroatoms. The van der Waals surface area contributed by atoms with Gasteiger partial charge in [-0.15, -0.1) is 0 Å². The fraction of sp³-hybridized carbons (Fsp3) is 0.545. The first-order valence-corrected chi connectivity index (χ1v) is 5.96. The van der Waals surface area contributed by atoms with Crippen molar-refractivity contribution in [1.82, 2.24) is 15.5 Å². The minimum absolute atomic E-state index is 0.0327. The van der Waals surface area contributed by atoms with E-state index in [0.717, 1.165) is 0 Å². The summed E-state index contributed by atoms with van der Waals surface area (Å²) in [6.07, 6.45) is -4.47. The van der Waals surface area contributed by atoms with Crippen molar-refractivity contribution in [2.75, 3.05) is 0 Å². The number of carbonyl (C=O) groups is 1. The van der Waals surface area contributed by atoms with Crippen LogP contribution in [-0.2, 0) is 17.4 Å². The van der Waals surface area contributed by atoms with Crippen LogP contribution in [0.4, 0.5) is 13.2 Å². The fourth-order valence-electron chi connectivity index (χ4n) is 2.21. The van der Waals surface area contributed by atoms with Gasteiger partial charge in [0.2, 0.25) is 5.91 Å². The minimum Gasteiger partial charge on any atom is -0.346 e. The number of H-pyrrole nitrogens is 1. The van der Waals surface area contributed by atoms with E-state index in [1.807, 2.05) is 5.10 Å². The molecular weight excluding hydrogens is 277 g/mol. The number of hydrogen-bond donors (Lipinski definition) is 3. The van der Waals surface area contributed by atoms with Crippen LogP contribution < -0.4 is 16.6 Å². The second-order valence-electron chi connectivity index (χ2n) is 4.68. The number of fused-ring (bicyclic) bond motifs is 1. The molecule has 110 valence electrons. The summed E-state index contributed by atoms with van der Waals surface area (Å²) in [6, 6.07) is -1.44. The highest BCUT2D eigenvalue weighted by Gasteiger charge is 2.41. The normalized spacial score (nSPS) is 19.6. The molecule has 0 fully saturated rings. The molecule has 1 aromatic heterocycles. The predicted octanol–water partition coefficient (Wildman–Crippen LogP) is 0.239. The van der Waals surface area contributed by atoms with E-state index in [4.69, 9.17) is 5.73 Å². The van der Waals surface area contributed by atoms with E-state index in [1.165, 1.54) is 6.92 Å². The van der Waals surface area contributed by atoms with Crippen molar-refractivity contribution in [2.45, 2.75) is 38.0 Å². The minimum atomic E-state index is -4.75. The van der Waals surface area contributed by atoms with Crippen molar-refractivity contribution in [3.8, 4) is 0 Å². The maximum atomic E-state index is 12.9. The molecule has 2 atom stereocenters. The van der Waals surface area contributed by atoms with E-state index in [0.29, 0.717) is 0 Å². The van der Waals surface area contributed by atoms with Gasteiger partial charge >= 0.3 is 6.18 Å². The monoisotopic (exact) mass is 290 g/mol. The van der Waals surface area contributed by atoms with Crippen molar-refractivity contribution in [2.24, 2.45) is 5.73 Å². The molecule has 0 radical (unpaired) electrons. The van der Waals surface area contributed by atoms with Crippen molar-refractivity contribution < 1.29 is 18.0 Å². The molecule has 1 aromatic rings. The Bertz CT molecular complexity index is 594. The van der Waals surface area contributed by atoms with Crippen molar-refractivity contribution in [1.29, 1.82) is 0 Å². The number of alkyl halides is 3. The topological polar surface area (TPSA) is 101 Å². The van der Waals surface area contributed by atoms with Crippen LogP contribution in [0.3, 0.4) is 0 Å². The Hall–Kier alpha value is -1.90. The van der Waals surface area contributed by atoms with Gasteiger partial charge in [0.05, 0.1) is 17.8 Å². The zero-order valence-corrected chi connectivity index (χ0v) is 10.5. The quantitative estimate of drug-likeness (QED) is 0.726. The van der Waals surface area contributed by atoms with E-state index in [1.54, 1.807) is 0 Å². The zero-order valence-electron chi connectivity index (χ0n) is 10.5. The lowest BCUT2D eigenvalue weighted by atomic mass is 10.1. The molecule has 2 rings (SSSR count). The highest BCUT2D eigenvalue weighted by Crippen LogP contribution is 2.37. The van der Waals surface area contributed by atoms with E-state index < -0.39 is 35.3 Å². The lowest BCUT2D eigenvalue weighted by molar-refractivity contribution is -0.139. The second kappa shape index (κ2) is 4.89. The van der Waals surface area contributed by atoms with Crippen molar-refractivity contribution in [3.05, 3.63) is 27.2 Å². The Morgan fingerprint density at radius 3 is 2.75 bits per heavy atom. The molecule has 0 bridgehead atoms. The van der Waals surface area contributed by atoms with Gasteiger partial charge in [0.15, 0.2) is 0 Å². The summed E-state index contributed by atoms with van der Waals surface area (Å²) >= 11 is 0. The van der Waals surface area contributed by atoms with Crippen LogP contribution in [0, 0.1) is 0 Å². The second-order valence-corrected chi connectivity index (χ2v) is 4.68. The number of rotatable bonds is 2. The standard InChI is InChI=1S/C11H13F3N4O2/c1-4(15)9(19)16-6-3-2-5-7(11(12,13)14)10(20)18-17-8(5)6/h4,6H,2-3,15H2,1H3,(H,16,19)(H,18,20)/t4-,6?/m0/s1. The number of aromatic nitrogens is 2. The molecular formula is C11H13F3N4O2. The van der Waals surface area contributed by atoms with Gasteiger partial charge < -0.3 is 11.1 Å². The molecule has 0 saturated carbocycles. The van der Waals surface area contributed by atoms with Gasteiger partial charge in [0.25, 0.3) is 5.56 Å². The largest absolute Gasteiger partial charge is 0.422 e. The van der Waals surface area contributed by atoms with Gasteiger partial charge in [0.1, 0.15) is 5.56 Å². The summed E-state index contributed by atoms with van der Waals surface area (Å²) < 4.78 is 38.6. The molecule has 1 unspecified atom stereocenters. The third-order valence-electron chi connectivity index (χ3n) is 3.14. The summed E-state index contributed by atoms with van der Waals surface area (Å²) in [7, 11) is 0. The average molecular weight is 290 g/mol. The molecule has 1 amide bonds. The first kappa shape index (κ1) is 14.5. The van der Waals surface area contributed by atoms with Crippen LogP contribution in [-0.4, -0.2) is 22.1 Å². The maximum Gasteiger partial charge on any atom is 0.422 e. The Morgan fingerprint density at radius 2 is 2.20 bits per heavy atom. The summed E-state index contributed by atoms with van der Waals surface area (Å²) in [4.78, 5) is 22.8. The Morgan fingerprint density at radius 1 is 1.55 bits per heavy atom. The number of aromatic amines is 1. The summed E-state index contributed by atoms with van der Waals surface area (Å²) in [5.41, 5.74) is 2.77. The molecule has 0 aliphatic heterocycles. The molecule has 6 nitrogen and oxygen atoms in total. The zero-order chi connectivity index (χ0) is 15.1. The summed E-state index contributed by atoms with van der Waals surface area (Å²) in [5.74, 6) is -0.482. The van der Waals surface area contributed by atoms with Gasteiger partial charge in [-0.3, -0.25) is 9.59 Å². The summed E-state index contributed by atoms with van der Waals surface area (Å²) in [6.45, 7) is 1.46. The lowest BCUT2D eigenvalue weighted by Gasteiger charge is -2.15. The molecule has 20 heavy (non-hydrogen) atoms. The number of amides is 1. The molecule has 1 aliphatic carbocycles. The van der Waals surface area contributed by atoms with E-state index in [9.17, 15) is 22.8 Å². The van der Waals surface area contributed by atoms with Gasteiger partial charge in [-0.2, -0.15) is 18.3 Å². The third kappa shape index (κ3) is 2.53. The average Bonchev–Trinajstić information content (AvgIpc) is 2.70. The number of halogens is 3. The van der Waals surface area contributed by atoms with Crippen molar-refractivity contribution in [3.63, 3.8) is 0 Å². The van der Waals surface area contributed by atoms with Gasteiger partial charge in [-0.25, -0.2) is 5.10 Å². The Labute approximate surface area is 111 Å². The number of nitrogens with zero attached hydrogens (tertiary/aromatic N) is 1. The van der Waals surface area contributed by atoms with Crippen LogP contribution >= 0.6 is 0 Å². The molecule has 4 N–H and O–H groups in total. The van der Waals surface area contributed by atoms with Gasteiger partial charge in [-0.05, 0) is 25.3 Å². The first-order valence-electron chi connectivity index (χ1n) is 5.96.